The van der Waals surface area contributed by atoms with Gasteiger partial charge in [-0.1, -0.05) is 18.2 Å². The molecule has 0 saturated carbocycles. The van der Waals surface area contributed by atoms with Crippen LogP contribution in [0, 0.1) is 6.92 Å². The number of hydrogen-bond donors (Lipinski definition) is 1. The van der Waals surface area contributed by atoms with E-state index in [1.165, 1.54) is 6.07 Å². The molecule has 0 spiro atoms. The molecule has 15 heavy (non-hydrogen) atoms. The van der Waals surface area contributed by atoms with Crippen LogP contribution in [0.2, 0.25) is 0 Å². The highest BCUT2D eigenvalue weighted by atomic mass is 32.2. The van der Waals surface area contributed by atoms with E-state index in [9.17, 15) is 8.42 Å². The molecule has 0 aromatic heterocycles. The lowest BCUT2D eigenvalue weighted by Crippen LogP contribution is -2.09. The molecular weight excluding hydrogens is 216 g/mol. The van der Waals surface area contributed by atoms with E-state index in [1.54, 1.807) is 25.1 Å². The number of hydrogen-bond acceptors (Lipinski definition) is 4. The first-order valence-electron chi connectivity index (χ1n) is 4.64. The second kappa shape index (κ2) is 5.25. The molecule has 0 fully saturated rings. The van der Waals surface area contributed by atoms with Crippen molar-refractivity contribution in [2.24, 2.45) is 0 Å². The Balaban J connectivity index is 2.83. The fourth-order valence-corrected chi connectivity index (χ4v) is 2.31. The molecule has 1 aromatic rings. The molecule has 0 radical (unpaired) electrons. The minimum atomic E-state index is -3.67. The summed E-state index contributed by atoms with van der Waals surface area (Å²) in [5, 5.41) is 8.51. The Hall–Kier alpha value is -0.910. The fourth-order valence-electron chi connectivity index (χ4n) is 1.13. The van der Waals surface area contributed by atoms with Gasteiger partial charge in [0.2, 0.25) is 0 Å². The van der Waals surface area contributed by atoms with Crippen LogP contribution < -0.4 is 0 Å². The van der Waals surface area contributed by atoms with Gasteiger partial charge in [0.1, 0.15) is 0 Å². The summed E-state index contributed by atoms with van der Waals surface area (Å²) in [6.45, 7) is 1.64. The van der Waals surface area contributed by atoms with Gasteiger partial charge in [-0.2, -0.15) is 8.42 Å². The summed E-state index contributed by atoms with van der Waals surface area (Å²) < 4.78 is 28.0. The highest BCUT2D eigenvalue weighted by Crippen LogP contribution is 2.16. The molecule has 1 rings (SSSR count). The fraction of sp³-hybridized carbons (Fsp3) is 0.400. The molecule has 0 heterocycles. The molecule has 0 aliphatic heterocycles. The molecule has 1 N–H and O–H groups in total. The van der Waals surface area contributed by atoms with Crippen LogP contribution in [0.4, 0.5) is 0 Å². The molecule has 0 bridgehead atoms. The van der Waals surface area contributed by atoms with Gasteiger partial charge in [0, 0.05) is 6.61 Å². The molecule has 0 saturated heterocycles. The average Bonchev–Trinajstić information content (AvgIpc) is 2.18. The van der Waals surface area contributed by atoms with Crippen molar-refractivity contribution in [3.63, 3.8) is 0 Å². The highest BCUT2D eigenvalue weighted by molar-refractivity contribution is 7.86. The van der Waals surface area contributed by atoms with E-state index in [1.807, 2.05) is 0 Å². The normalized spacial score (nSPS) is 11.6. The van der Waals surface area contributed by atoms with E-state index in [4.69, 9.17) is 9.29 Å². The first kappa shape index (κ1) is 12.2. The summed E-state index contributed by atoms with van der Waals surface area (Å²) in [6, 6.07) is 6.63. The van der Waals surface area contributed by atoms with Crippen LogP contribution in [0.1, 0.15) is 12.0 Å². The standard InChI is InChI=1S/C10H14O4S/c1-9-5-2-3-6-10(9)15(12,13)14-8-4-7-11/h2-3,5-6,11H,4,7-8H2,1H3. The molecule has 1 aromatic carbocycles. The summed E-state index contributed by atoms with van der Waals surface area (Å²) in [5.41, 5.74) is 0.654. The zero-order chi connectivity index (χ0) is 11.3. The van der Waals surface area contributed by atoms with Gasteiger partial charge in [-0.25, -0.2) is 0 Å². The number of rotatable bonds is 5. The Kier molecular flexibility index (Phi) is 4.26. The van der Waals surface area contributed by atoms with Crippen molar-refractivity contribution >= 4 is 10.1 Å². The van der Waals surface area contributed by atoms with E-state index >= 15 is 0 Å². The first-order chi connectivity index (χ1) is 7.08. The molecule has 0 amide bonds. The lowest BCUT2D eigenvalue weighted by atomic mass is 10.2. The Bertz CT molecular complexity index is 411. The third-order valence-electron chi connectivity index (χ3n) is 1.90. The third kappa shape index (κ3) is 3.30. The van der Waals surface area contributed by atoms with Crippen LogP contribution in [0.5, 0.6) is 0 Å². The smallest absolute Gasteiger partial charge is 0.297 e. The van der Waals surface area contributed by atoms with Gasteiger partial charge in [0.05, 0.1) is 11.5 Å². The maximum atomic E-state index is 11.6. The lowest BCUT2D eigenvalue weighted by Gasteiger charge is -2.06. The van der Waals surface area contributed by atoms with Gasteiger partial charge in [-0.3, -0.25) is 4.18 Å². The Labute approximate surface area is 89.6 Å². The molecule has 0 aliphatic rings. The summed E-state index contributed by atoms with van der Waals surface area (Å²) in [5.74, 6) is 0. The second-order valence-corrected chi connectivity index (χ2v) is 4.70. The van der Waals surface area contributed by atoms with Crippen LogP contribution in [-0.2, 0) is 14.3 Å². The van der Waals surface area contributed by atoms with Gasteiger partial charge >= 0.3 is 0 Å². The van der Waals surface area contributed by atoms with Gasteiger partial charge in [0.25, 0.3) is 10.1 Å². The van der Waals surface area contributed by atoms with E-state index in [0.29, 0.717) is 12.0 Å². The van der Waals surface area contributed by atoms with E-state index in [2.05, 4.69) is 0 Å². The molecule has 4 nitrogen and oxygen atoms in total. The van der Waals surface area contributed by atoms with Gasteiger partial charge in [0.15, 0.2) is 0 Å². The minimum absolute atomic E-state index is 0.00711. The van der Waals surface area contributed by atoms with E-state index < -0.39 is 10.1 Å². The van der Waals surface area contributed by atoms with Gasteiger partial charge in [-0.15, -0.1) is 0 Å². The van der Waals surface area contributed by atoms with Crippen LogP contribution >= 0.6 is 0 Å². The quantitative estimate of drug-likeness (QED) is 0.607. The molecule has 0 unspecified atom stereocenters. The highest BCUT2D eigenvalue weighted by Gasteiger charge is 2.16. The molecule has 84 valence electrons. The largest absolute Gasteiger partial charge is 0.396 e. The first-order valence-corrected chi connectivity index (χ1v) is 6.04. The predicted molar refractivity (Wildman–Crippen MR) is 56.0 cm³/mol. The number of aliphatic hydroxyl groups is 1. The zero-order valence-electron chi connectivity index (χ0n) is 8.51. The predicted octanol–water partition coefficient (Wildman–Crippen LogP) is 1.08. The number of benzene rings is 1. The van der Waals surface area contributed by atoms with Gasteiger partial charge in [-0.05, 0) is 25.0 Å². The Morgan fingerprint density at radius 3 is 2.60 bits per heavy atom. The van der Waals surface area contributed by atoms with Crippen LogP contribution in [0.15, 0.2) is 29.2 Å². The van der Waals surface area contributed by atoms with Crippen molar-refractivity contribution in [3.05, 3.63) is 29.8 Å². The maximum absolute atomic E-state index is 11.6. The van der Waals surface area contributed by atoms with Gasteiger partial charge < -0.3 is 5.11 Å². The summed E-state index contributed by atoms with van der Waals surface area (Å²) in [4.78, 5) is 0.183. The van der Waals surface area contributed by atoms with Crippen molar-refractivity contribution in [1.29, 1.82) is 0 Å². The van der Waals surface area contributed by atoms with E-state index in [0.717, 1.165) is 0 Å². The van der Waals surface area contributed by atoms with Crippen molar-refractivity contribution in [3.8, 4) is 0 Å². The molecule has 0 atom stereocenters. The topological polar surface area (TPSA) is 63.6 Å². The number of aliphatic hydroxyl groups excluding tert-OH is 1. The third-order valence-corrected chi connectivity index (χ3v) is 3.38. The average molecular weight is 230 g/mol. The monoisotopic (exact) mass is 230 g/mol. The molecule has 5 heteroatoms. The van der Waals surface area contributed by atoms with Crippen LogP contribution in [0.3, 0.4) is 0 Å². The lowest BCUT2D eigenvalue weighted by molar-refractivity contribution is 0.236. The van der Waals surface area contributed by atoms with Crippen molar-refractivity contribution in [2.45, 2.75) is 18.2 Å². The van der Waals surface area contributed by atoms with Crippen molar-refractivity contribution in [2.75, 3.05) is 13.2 Å². The van der Waals surface area contributed by atoms with Crippen molar-refractivity contribution < 1.29 is 17.7 Å². The molecular formula is C10H14O4S. The SMILES string of the molecule is Cc1ccccc1S(=O)(=O)OCCCO. The number of aryl methyl sites for hydroxylation is 1. The van der Waals surface area contributed by atoms with Crippen LogP contribution in [-0.4, -0.2) is 26.7 Å². The summed E-state index contributed by atoms with van der Waals surface area (Å²) in [6.07, 6.45) is 0.311. The zero-order valence-corrected chi connectivity index (χ0v) is 9.33. The maximum Gasteiger partial charge on any atom is 0.297 e. The van der Waals surface area contributed by atoms with Crippen molar-refractivity contribution in [1.82, 2.24) is 0 Å². The van der Waals surface area contributed by atoms with E-state index in [-0.39, 0.29) is 18.1 Å². The summed E-state index contributed by atoms with van der Waals surface area (Å²) >= 11 is 0. The minimum Gasteiger partial charge on any atom is -0.396 e. The molecule has 0 aliphatic carbocycles. The second-order valence-electron chi connectivity index (χ2n) is 3.12. The summed E-state index contributed by atoms with van der Waals surface area (Å²) in [7, 11) is -3.67. The Morgan fingerprint density at radius 1 is 1.33 bits per heavy atom. The van der Waals surface area contributed by atoms with Crippen LogP contribution in [0.25, 0.3) is 0 Å². The Morgan fingerprint density at radius 2 is 2.00 bits per heavy atom.